The Morgan fingerprint density at radius 3 is 2.51 bits per heavy atom. The van der Waals surface area contributed by atoms with E-state index in [1.165, 1.54) is 14.2 Å². The number of methoxy groups -OCH3 is 2. The summed E-state index contributed by atoms with van der Waals surface area (Å²) in [7, 11) is 4.74. The molecule has 0 radical (unpaired) electrons. The average Bonchev–Trinajstić information content (AvgIpc) is 3.04. The van der Waals surface area contributed by atoms with Crippen LogP contribution in [0, 0.1) is 6.92 Å². The van der Waals surface area contributed by atoms with Gasteiger partial charge in [-0.2, -0.15) is 0 Å². The van der Waals surface area contributed by atoms with Crippen LogP contribution < -0.4 is 26.0 Å². The van der Waals surface area contributed by atoms with Crippen LogP contribution >= 0.6 is 12.2 Å². The van der Waals surface area contributed by atoms with Gasteiger partial charge in [-0.15, -0.1) is 0 Å². The van der Waals surface area contributed by atoms with E-state index < -0.39 is 18.1 Å². The highest BCUT2D eigenvalue weighted by atomic mass is 32.1. The fourth-order valence-electron chi connectivity index (χ4n) is 7.22. The predicted octanol–water partition coefficient (Wildman–Crippen LogP) is 3.22. The number of carbonyl (C=O) groups excluding carboxylic acids is 3. The standard InChI is InChI=1S/C35H43N5O6S/c1-18-15-21-11-10-14-40-24(28(36-4)26(21)30(42)32(18)45-5)16-23-27(31(43)33(46-6)19(2)29(23)41)25(40)17-37-34(44)20(3)38-35(47)39-22-12-8-7-9-13-22/h7-9,12-13,15,20,24-25,28,36,42H,10-11,14,16-17H2,1-6H3,(H,37,44)(H2,38,39,47). The number of nitrogens with zero attached hydrogens (tertiary/aromatic N) is 1. The van der Waals surface area contributed by atoms with E-state index in [1.54, 1.807) is 13.8 Å². The maximum absolute atomic E-state index is 14.0. The third-order valence-corrected chi connectivity index (χ3v) is 9.61. The number of hydrogen-bond acceptors (Lipinski definition) is 9. The fraction of sp³-hybridized carbons (Fsp3) is 0.429. The molecule has 47 heavy (non-hydrogen) atoms. The number of benzene rings is 2. The largest absolute Gasteiger partial charge is 0.504 e. The first-order valence-electron chi connectivity index (χ1n) is 15.8. The van der Waals surface area contributed by atoms with Gasteiger partial charge in [0.15, 0.2) is 28.2 Å². The lowest BCUT2D eigenvalue weighted by atomic mass is 9.74. The fourth-order valence-corrected chi connectivity index (χ4v) is 7.51. The van der Waals surface area contributed by atoms with Crippen LogP contribution in [0.1, 0.15) is 49.4 Å². The number of nitrogens with one attached hydrogen (secondary N) is 4. The number of hydrogen-bond donors (Lipinski definition) is 5. The number of aryl methyl sites for hydroxylation is 2. The van der Waals surface area contributed by atoms with Crippen LogP contribution in [0.3, 0.4) is 0 Å². The molecule has 0 saturated heterocycles. The number of carbonyl (C=O) groups is 3. The number of para-hydroxylation sites is 1. The summed E-state index contributed by atoms with van der Waals surface area (Å²) in [6.45, 7) is 5.88. The molecule has 0 saturated carbocycles. The second kappa shape index (κ2) is 14.2. The molecular formula is C35H43N5O6S. The summed E-state index contributed by atoms with van der Waals surface area (Å²) in [5.74, 6) is -0.416. The highest BCUT2D eigenvalue weighted by Gasteiger charge is 2.48. The normalized spacial score (nSPS) is 21.9. The van der Waals surface area contributed by atoms with E-state index in [1.807, 2.05) is 44.3 Å². The van der Waals surface area contributed by atoms with Crippen molar-refractivity contribution in [3.05, 3.63) is 75.6 Å². The van der Waals surface area contributed by atoms with Crippen molar-refractivity contribution in [1.29, 1.82) is 0 Å². The predicted molar refractivity (Wildman–Crippen MR) is 183 cm³/mol. The number of ketones is 2. The number of aromatic hydroxyl groups is 1. The number of allylic oxidation sites excluding steroid dienone is 2. The number of Topliss-reactive ketones (excluding diaryl/α,β-unsaturated/α-hetero) is 2. The minimum atomic E-state index is -0.691. The molecule has 11 nitrogen and oxygen atoms in total. The van der Waals surface area contributed by atoms with Crippen molar-refractivity contribution >= 4 is 40.5 Å². The molecule has 0 fully saturated rings. The maximum Gasteiger partial charge on any atom is 0.242 e. The molecular weight excluding hydrogens is 618 g/mol. The van der Waals surface area contributed by atoms with Gasteiger partial charge < -0.3 is 35.8 Å². The summed E-state index contributed by atoms with van der Waals surface area (Å²) in [5.41, 5.74) is 4.37. The van der Waals surface area contributed by atoms with E-state index in [2.05, 4.69) is 32.2 Å². The molecule has 3 aliphatic rings. The Balaban J connectivity index is 1.48. The maximum atomic E-state index is 14.0. The number of likely N-dealkylation sites (N-methyl/N-ethyl adjacent to an activating group) is 1. The van der Waals surface area contributed by atoms with Gasteiger partial charge in [-0.25, -0.2) is 0 Å². The van der Waals surface area contributed by atoms with Crippen LogP contribution in [0.4, 0.5) is 5.69 Å². The summed E-state index contributed by atoms with van der Waals surface area (Å²) < 4.78 is 11.0. The number of ether oxygens (including phenoxy) is 2. The summed E-state index contributed by atoms with van der Waals surface area (Å²) >= 11 is 5.43. The van der Waals surface area contributed by atoms with Gasteiger partial charge in [-0.3, -0.25) is 19.3 Å². The minimum absolute atomic E-state index is 0.0244. The second-order valence-electron chi connectivity index (χ2n) is 12.2. The zero-order valence-corrected chi connectivity index (χ0v) is 28.5. The molecule has 2 aliphatic heterocycles. The monoisotopic (exact) mass is 661 g/mol. The number of anilines is 1. The summed E-state index contributed by atoms with van der Waals surface area (Å²) in [6.07, 6.45) is 1.68. The zero-order chi connectivity index (χ0) is 34.0. The Bertz CT molecular complexity index is 1660. The zero-order valence-electron chi connectivity index (χ0n) is 27.7. The molecule has 1 amide bonds. The van der Waals surface area contributed by atoms with Gasteiger partial charge >= 0.3 is 0 Å². The molecule has 1 aliphatic carbocycles. The van der Waals surface area contributed by atoms with E-state index in [4.69, 9.17) is 21.7 Å². The highest BCUT2D eigenvalue weighted by molar-refractivity contribution is 7.80. The molecule has 5 N–H and O–H groups in total. The van der Waals surface area contributed by atoms with Crippen LogP contribution in [-0.2, 0) is 25.5 Å². The van der Waals surface area contributed by atoms with E-state index in [-0.39, 0.29) is 53.6 Å². The Hall–Kier alpha value is -4.26. The van der Waals surface area contributed by atoms with Gasteiger partial charge in [0.05, 0.1) is 26.3 Å². The highest BCUT2D eigenvalue weighted by Crippen LogP contribution is 2.46. The van der Waals surface area contributed by atoms with Crippen LogP contribution in [0.25, 0.3) is 0 Å². The van der Waals surface area contributed by atoms with Gasteiger partial charge in [0.2, 0.25) is 11.7 Å². The van der Waals surface area contributed by atoms with E-state index >= 15 is 0 Å². The number of thiocarbonyl (C=S) groups is 1. The number of phenolic OH excluding ortho intramolecular Hbond substituents is 1. The van der Waals surface area contributed by atoms with Crippen molar-refractivity contribution in [2.75, 3.05) is 39.7 Å². The van der Waals surface area contributed by atoms with Crippen molar-refractivity contribution < 1.29 is 29.0 Å². The lowest BCUT2D eigenvalue weighted by Crippen LogP contribution is -2.60. The van der Waals surface area contributed by atoms with Crippen molar-refractivity contribution in [1.82, 2.24) is 20.9 Å². The molecule has 5 rings (SSSR count). The van der Waals surface area contributed by atoms with Gasteiger partial charge in [-0.1, -0.05) is 24.3 Å². The first-order chi connectivity index (χ1) is 22.5. The van der Waals surface area contributed by atoms with Crippen LogP contribution in [-0.4, -0.2) is 85.1 Å². The SMILES string of the molecule is CNC1c2c(cc(C)c(OC)c2O)CCCN2C(CNC(=O)C(C)NC(=S)Nc3ccccc3)C3=C(CC12)C(=O)C(C)=C(OC)C3=O. The number of fused-ring (bicyclic) bond motifs is 2. The van der Waals surface area contributed by atoms with Crippen molar-refractivity contribution in [2.24, 2.45) is 0 Å². The molecule has 0 spiro atoms. The van der Waals surface area contributed by atoms with Gasteiger partial charge in [0, 0.05) is 40.6 Å². The first-order valence-corrected chi connectivity index (χ1v) is 16.2. The number of phenols is 1. The van der Waals surface area contributed by atoms with Crippen molar-refractivity contribution in [2.45, 2.75) is 64.2 Å². The third kappa shape index (κ3) is 6.50. The molecule has 12 heteroatoms. The molecule has 250 valence electrons. The lowest BCUT2D eigenvalue weighted by molar-refractivity contribution is -0.123. The van der Waals surface area contributed by atoms with Gasteiger partial charge in [-0.05, 0) is 89.1 Å². The quantitative estimate of drug-likeness (QED) is 0.210. The molecule has 4 unspecified atom stereocenters. The smallest absolute Gasteiger partial charge is 0.242 e. The van der Waals surface area contributed by atoms with E-state index in [0.29, 0.717) is 40.5 Å². The Labute approximate surface area is 280 Å². The van der Waals surface area contributed by atoms with Gasteiger partial charge in [0.1, 0.15) is 6.04 Å². The Morgan fingerprint density at radius 1 is 1.13 bits per heavy atom. The van der Waals surface area contributed by atoms with Crippen molar-refractivity contribution in [3.63, 3.8) is 0 Å². The summed E-state index contributed by atoms with van der Waals surface area (Å²) in [5, 5.41) is 24.3. The minimum Gasteiger partial charge on any atom is -0.504 e. The van der Waals surface area contributed by atoms with E-state index in [0.717, 1.165) is 23.2 Å². The first kappa shape index (κ1) is 34.1. The number of rotatable bonds is 8. The Kier molecular flexibility index (Phi) is 10.3. The van der Waals surface area contributed by atoms with Crippen LogP contribution in [0.5, 0.6) is 11.5 Å². The lowest BCUT2D eigenvalue weighted by Gasteiger charge is -2.49. The number of amides is 1. The molecule has 4 atom stereocenters. The average molecular weight is 662 g/mol. The molecule has 2 heterocycles. The van der Waals surface area contributed by atoms with Crippen molar-refractivity contribution in [3.8, 4) is 11.5 Å². The van der Waals surface area contributed by atoms with E-state index in [9.17, 15) is 19.5 Å². The van der Waals surface area contributed by atoms with Crippen LogP contribution in [0.2, 0.25) is 0 Å². The van der Waals surface area contributed by atoms with Crippen LogP contribution in [0.15, 0.2) is 58.9 Å². The topological polar surface area (TPSA) is 141 Å². The molecule has 2 aromatic carbocycles. The Morgan fingerprint density at radius 2 is 1.85 bits per heavy atom. The second-order valence-corrected chi connectivity index (χ2v) is 12.6. The summed E-state index contributed by atoms with van der Waals surface area (Å²) in [4.78, 5) is 43.4. The van der Waals surface area contributed by atoms with Gasteiger partial charge in [0.25, 0.3) is 0 Å². The summed E-state index contributed by atoms with van der Waals surface area (Å²) in [6, 6.07) is 9.39. The molecule has 0 bridgehead atoms. The third-order valence-electron chi connectivity index (χ3n) is 9.39. The molecule has 2 aromatic rings. The molecule has 0 aromatic heterocycles.